The van der Waals surface area contributed by atoms with E-state index in [4.69, 9.17) is 9.47 Å². The van der Waals surface area contributed by atoms with E-state index in [1.807, 2.05) is 26.0 Å². The zero-order chi connectivity index (χ0) is 20.3. The van der Waals surface area contributed by atoms with Gasteiger partial charge in [0.15, 0.2) is 11.5 Å². The second-order valence-corrected chi connectivity index (χ2v) is 7.78. The van der Waals surface area contributed by atoms with Crippen molar-refractivity contribution in [1.29, 1.82) is 0 Å². The van der Waals surface area contributed by atoms with Gasteiger partial charge in [0.2, 0.25) is 0 Å². The Labute approximate surface area is 200 Å². The van der Waals surface area contributed by atoms with E-state index in [1.165, 1.54) is 44.5 Å². The highest BCUT2D eigenvalue weighted by Gasteiger charge is 2.19. The molecule has 6 heteroatoms. The molecule has 0 radical (unpaired) electrons. The summed E-state index contributed by atoms with van der Waals surface area (Å²) >= 11 is 0. The minimum Gasteiger partial charge on any atom is -0.490 e. The summed E-state index contributed by atoms with van der Waals surface area (Å²) in [5, 5.41) is 3.53. The number of rotatable bonds is 11. The number of ether oxygens (including phenoxy) is 2. The van der Waals surface area contributed by atoms with E-state index in [0.29, 0.717) is 13.2 Å². The van der Waals surface area contributed by atoms with Crippen LogP contribution in [0.3, 0.4) is 0 Å². The highest BCUT2D eigenvalue weighted by atomic mass is 35.5. The number of anilines is 1. The number of halogens is 2. The molecule has 174 valence electrons. The average molecular weight is 469 g/mol. The first-order valence-electron chi connectivity index (χ1n) is 11.2. The fraction of sp³-hybridized carbons (Fsp3) is 0.520. The van der Waals surface area contributed by atoms with Crippen LogP contribution in [0.5, 0.6) is 11.5 Å². The molecule has 1 fully saturated rings. The standard InChI is InChI=1S/C25H36N2O2.2ClH/c1-3-28-24-12-11-23(20-25(24)29-4-2)26-15-8-16-27-17-13-22(14-18-27)19-21-9-6-5-7-10-21;;/h5-7,9-12,20,22,26H,3-4,8,13-19H2,1-2H3;2*1H. The molecule has 2 aromatic rings. The summed E-state index contributed by atoms with van der Waals surface area (Å²) in [6, 6.07) is 17.0. The Morgan fingerprint density at radius 3 is 2.26 bits per heavy atom. The molecule has 0 bridgehead atoms. The zero-order valence-electron chi connectivity index (χ0n) is 18.8. The van der Waals surface area contributed by atoms with E-state index in [0.717, 1.165) is 36.1 Å². The molecular formula is C25H38Cl2N2O2. The number of benzene rings is 2. The fourth-order valence-corrected chi connectivity index (χ4v) is 4.06. The van der Waals surface area contributed by atoms with Crippen LogP contribution in [0.4, 0.5) is 5.69 Å². The van der Waals surface area contributed by atoms with Gasteiger partial charge in [0, 0.05) is 18.3 Å². The summed E-state index contributed by atoms with van der Waals surface area (Å²) in [5.74, 6) is 2.48. The molecule has 1 saturated heterocycles. The maximum atomic E-state index is 5.71. The van der Waals surface area contributed by atoms with Gasteiger partial charge >= 0.3 is 0 Å². The Morgan fingerprint density at radius 2 is 1.58 bits per heavy atom. The highest BCUT2D eigenvalue weighted by molar-refractivity contribution is 5.85. The fourth-order valence-electron chi connectivity index (χ4n) is 4.06. The van der Waals surface area contributed by atoms with Crippen molar-refractivity contribution in [2.75, 3.05) is 44.7 Å². The van der Waals surface area contributed by atoms with Crippen LogP contribution in [-0.4, -0.2) is 44.3 Å². The van der Waals surface area contributed by atoms with Crippen molar-refractivity contribution >= 4 is 30.5 Å². The number of piperidine rings is 1. The van der Waals surface area contributed by atoms with Crippen LogP contribution in [0.2, 0.25) is 0 Å². The third-order valence-electron chi connectivity index (χ3n) is 5.60. The van der Waals surface area contributed by atoms with Crippen LogP contribution in [0.15, 0.2) is 48.5 Å². The van der Waals surface area contributed by atoms with Crippen LogP contribution in [0, 0.1) is 5.92 Å². The molecule has 3 rings (SSSR count). The predicted molar refractivity (Wildman–Crippen MR) is 136 cm³/mol. The van der Waals surface area contributed by atoms with Crippen LogP contribution in [-0.2, 0) is 6.42 Å². The SMILES string of the molecule is CCOc1ccc(NCCCN2CCC(Cc3ccccc3)CC2)cc1OCC.Cl.Cl. The lowest BCUT2D eigenvalue weighted by Gasteiger charge is -2.32. The Balaban J connectivity index is 0.00000240. The van der Waals surface area contributed by atoms with Gasteiger partial charge in [0.25, 0.3) is 0 Å². The highest BCUT2D eigenvalue weighted by Crippen LogP contribution is 2.30. The number of nitrogens with zero attached hydrogens (tertiary/aromatic N) is 1. The number of hydrogen-bond donors (Lipinski definition) is 1. The lowest BCUT2D eigenvalue weighted by atomic mass is 9.90. The molecule has 1 N–H and O–H groups in total. The van der Waals surface area contributed by atoms with Crippen molar-refractivity contribution < 1.29 is 9.47 Å². The number of hydrogen-bond acceptors (Lipinski definition) is 4. The molecule has 0 aromatic heterocycles. The Hall–Kier alpha value is -1.62. The molecule has 2 aromatic carbocycles. The van der Waals surface area contributed by atoms with Gasteiger partial charge in [-0.25, -0.2) is 0 Å². The van der Waals surface area contributed by atoms with Crippen molar-refractivity contribution in [3.63, 3.8) is 0 Å². The van der Waals surface area contributed by atoms with Crippen LogP contribution in [0.25, 0.3) is 0 Å². The van der Waals surface area contributed by atoms with E-state index in [9.17, 15) is 0 Å². The lowest BCUT2D eigenvalue weighted by Crippen LogP contribution is -2.35. The Morgan fingerprint density at radius 1 is 0.903 bits per heavy atom. The topological polar surface area (TPSA) is 33.7 Å². The first-order valence-corrected chi connectivity index (χ1v) is 11.2. The summed E-state index contributed by atoms with van der Waals surface area (Å²) in [4.78, 5) is 2.62. The quantitative estimate of drug-likeness (QED) is 0.404. The summed E-state index contributed by atoms with van der Waals surface area (Å²) in [6.07, 6.45) is 5.02. The van der Waals surface area contributed by atoms with E-state index < -0.39 is 0 Å². The van der Waals surface area contributed by atoms with Gasteiger partial charge < -0.3 is 19.7 Å². The molecule has 0 atom stereocenters. The second kappa shape index (κ2) is 15.2. The minimum absolute atomic E-state index is 0. The third-order valence-corrected chi connectivity index (χ3v) is 5.60. The van der Waals surface area contributed by atoms with Gasteiger partial charge in [-0.2, -0.15) is 0 Å². The molecular weight excluding hydrogens is 431 g/mol. The molecule has 31 heavy (non-hydrogen) atoms. The summed E-state index contributed by atoms with van der Waals surface area (Å²) in [6.45, 7) is 9.89. The minimum atomic E-state index is 0. The van der Waals surface area contributed by atoms with E-state index in [1.54, 1.807) is 0 Å². The number of likely N-dealkylation sites (tertiary alicyclic amines) is 1. The van der Waals surface area contributed by atoms with Gasteiger partial charge in [0.1, 0.15) is 0 Å². The Bertz CT molecular complexity index is 723. The molecule has 0 saturated carbocycles. The molecule has 4 nitrogen and oxygen atoms in total. The van der Waals surface area contributed by atoms with Crippen molar-refractivity contribution in [3.05, 3.63) is 54.1 Å². The second-order valence-electron chi connectivity index (χ2n) is 7.78. The van der Waals surface area contributed by atoms with Gasteiger partial charge in [-0.1, -0.05) is 30.3 Å². The van der Waals surface area contributed by atoms with Crippen LogP contribution < -0.4 is 14.8 Å². The Kier molecular flexibility index (Phi) is 13.5. The predicted octanol–water partition coefficient (Wildman–Crippen LogP) is 6.08. The van der Waals surface area contributed by atoms with Crippen LogP contribution >= 0.6 is 24.8 Å². The molecule has 1 aliphatic rings. The van der Waals surface area contributed by atoms with Crippen molar-refractivity contribution in [2.45, 2.75) is 39.5 Å². The molecule has 0 unspecified atom stereocenters. The first kappa shape index (κ1) is 27.4. The van der Waals surface area contributed by atoms with E-state index >= 15 is 0 Å². The summed E-state index contributed by atoms with van der Waals surface area (Å²) < 4.78 is 11.3. The summed E-state index contributed by atoms with van der Waals surface area (Å²) in [7, 11) is 0. The van der Waals surface area contributed by atoms with Crippen molar-refractivity contribution in [2.24, 2.45) is 5.92 Å². The molecule has 0 aliphatic carbocycles. The average Bonchev–Trinajstić information content (AvgIpc) is 2.75. The molecule has 1 heterocycles. The van der Waals surface area contributed by atoms with E-state index in [2.05, 4.69) is 46.6 Å². The lowest BCUT2D eigenvalue weighted by molar-refractivity contribution is 0.183. The number of nitrogens with one attached hydrogen (secondary N) is 1. The van der Waals surface area contributed by atoms with Crippen LogP contribution in [0.1, 0.15) is 38.7 Å². The monoisotopic (exact) mass is 468 g/mol. The van der Waals surface area contributed by atoms with E-state index in [-0.39, 0.29) is 24.8 Å². The van der Waals surface area contributed by atoms with Gasteiger partial charge in [-0.15, -0.1) is 24.8 Å². The zero-order valence-corrected chi connectivity index (χ0v) is 20.5. The van der Waals surface area contributed by atoms with Gasteiger partial charge in [-0.3, -0.25) is 0 Å². The van der Waals surface area contributed by atoms with Gasteiger partial charge in [-0.05, 0) is 82.8 Å². The maximum absolute atomic E-state index is 5.71. The largest absolute Gasteiger partial charge is 0.490 e. The summed E-state index contributed by atoms with van der Waals surface area (Å²) in [5.41, 5.74) is 2.58. The first-order chi connectivity index (χ1) is 14.3. The third kappa shape index (κ3) is 9.18. The molecule has 1 aliphatic heterocycles. The normalized spacial score (nSPS) is 14.3. The maximum Gasteiger partial charge on any atom is 0.163 e. The van der Waals surface area contributed by atoms with Gasteiger partial charge in [0.05, 0.1) is 13.2 Å². The van der Waals surface area contributed by atoms with Crippen molar-refractivity contribution in [3.8, 4) is 11.5 Å². The molecule has 0 spiro atoms. The van der Waals surface area contributed by atoms with Crippen molar-refractivity contribution in [1.82, 2.24) is 4.90 Å². The smallest absolute Gasteiger partial charge is 0.163 e. The molecule has 0 amide bonds.